The molecule has 0 radical (unpaired) electrons. The topological polar surface area (TPSA) is 60.9 Å². The van der Waals surface area contributed by atoms with Gasteiger partial charge < -0.3 is 20.5 Å². The normalized spacial score (nSPS) is 24.9. The van der Waals surface area contributed by atoms with Crippen molar-refractivity contribution in [3.63, 3.8) is 0 Å². The summed E-state index contributed by atoms with van der Waals surface area (Å²) < 4.78 is 5.32. The first-order chi connectivity index (χ1) is 8.26. The summed E-state index contributed by atoms with van der Waals surface area (Å²) in [4.78, 5) is 5.38. The Bertz CT molecular complexity index is 406. The van der Waals surface area contributed by atoms with Crippen LogP contribution in [0.1, 0.15) is 0 Å². The number of piperazine rings is 1. The third-order valence-corrected chi connectivity index (χ3v) is 3.26. The molecule has 92 valence electrons. The van der Waals surface area contributed by atoms with Crippen molar-refractivity contribution in [1.29, 1.82) is 0 Å². The quantitative estimate of drug-likeness (QED) is 0.446. The number of rotatable bonds is 2. The molecule has 0 aromatic carbocycles. The molecule has 1 aliphatic carbocycles. The summed E-state index contributed by atoms with van der Waals surface area (Å²) in [6, 6.07) is 0. The van der Waals surface area contributed by atoms with E-state index in [9.17, 15) is 0 Å². The molecule has 5 nitrogen and oxygen atoms in total. The summed E-state index contributed by atoms with van der Waals surface area (Å²) in [5, 5.41) is 2.88. The van der Waals surface area contributed by atoms with E-state index in [0.717, 1.165) is 31.9 Å². The molecule has 1 unspecified atom stereocenters. The lowest BCUT2D eigenvalue weighted by Crippen LogP contribution is -2.44. The molecule has 17 heavy (non-hydrogen) atoms. The van der Waals surface area contributed by atoms with Crippen molar-refractivity contribution in [2.45, 2.75) is 5.38 Å². The second-order valence-electron chi connectivity index (χ2n) is 3.93. The van der Waals surface area contributed by atoms with Crippen LogP contribution < -0.4 is 5.32 Å². The van der Waals surface area contributed by atoms with Gasteiger partial charge in [-0.2, -0.15) is 4.79 Å². The predicted octanol–water partition coefficient (Wildman–Crippen LogP) is 0.598. The second-order valence-corrected chi connectivity index (χ2v) is 4.40. The van der Waals surface area contributed by atoms with Gasteiger partial charge >= 0.3 is 5.71 Å². The molecule has 0 saturated carbocycles. The number of allylic oxidation sites excluding steroid dienone is 2. The molecule has 1 heterocycles. The summed E-state index contributed by atoms with van der Waals surface area (Å²) in [6.07, 6.45) is 3.54. The van der Waals surface area contributed by atoms with Gasteiger partial charge in [-0.3, -0.25) is 0 Å². The van der Waals surface area contributed by atoms with Gasteiger partial charge in [0.15, 0.2) is 5.38 Å². The van der Waals surface area contributed by atoms with Crippen LogP contribution in [0.5, 0.6) is 0 Å². The minimum Gasteiger partial charge on any atom is -0.494 e. The number of nitrogens with one attached hydrogen (secondary N) is 1. The van der Waals surface area contributed by atoms with Gasteiger partial charge in [0.1, 0.15) is 5.76 Å². The van der Waals surface area contributed by atoms with Crippen LogP contribution in [0.15, 0.2) is 23.6 Å². The standard InChI is InChI=1S/C11H15ClN4O/c1-17-11-7-9(15-13)8(12)6-10(11)16-4-2-14-3-5-16/h6-8,14H,2-5H2,1H3. The summed E-state index contributed by atoms with van der Waals surface area (Å²) >= 11 is 6.11. The van der Waals surface area contributed by atoms with E-state index in [4.69, 9.17) is 21.9 Å². The summed E-state index contributed by atoms with van der Waals surface area (Å²) in [6.45, 7) is 3.73. The van der Waals surface area contributed by atoms with Gasteiger partial charge in [0.05, 0.1) is 18.9 Å². The van der Waals surface area contributed by atoms with Crippen LogP contribution in [0.3, 0.4) is 0 Å². The van der Waals surface area contributed by atoms with Crippen molar-refractivity contribution < 1.29 is 9.53 Å². The molecule has 1 aliphatic heterocycles. The maximum atomic E-state index is 8.82. The lowest BCUT2D eigenvalue weighted by atomic mass is 10.1. The maximum absolute atomic E-state index is 8.82. The van der Waals surface area contributed by atoms with E-state index in [-0.39, 0.29) is 0 Å². The van der Waals surface area contributed by atoms with Crippen molar-refractivity contribution >= 4 is 17.3 Å². The lowest BCUT2D eigenvalue weighted by molar-refractivity contribution is -0.00560. The van der Waals surface area contributed by atoms with Crippen molar-refractivity contribution in [3.05, 3.63) is 29.1 Å². The van der Waals surface area contributed by atoms with E-state index >= 15 is 0 Å². The van der Waals surface area contributed by atoms with Crippen LogP contribution >= 0.6 is 11.6 Å². The molecule has 1 N–H and O–H groups in total. The molecular weight excluding hydrogens is 240 g/mol. The maximum Gasteiger partial charge on any atom is 0.317 e. The van der Waals surface area contributed by atoms with Crippen LogP contribution in [-0.2, 0) is 4.74 Å². The fourth-order valence-electron chi connectivity index (χ4n) is 2.01. The van der Waals surface area contributed by atoms with Crippen molar-refractivity contribution in [3.8, 4) is 0 Å². The van der Waals surface area contributed by atoms with Crippen molar-refractivity contribution in [1.82, 2.24) is 10.2 Å². The third kappa shape index (κ3) is 2.52. The largest absolute Gasteiger partial charge is 0.494 e. The van der Waals surface area contributed by atoms with Crippen molar-refractivity contribution in [2.75, 3.05) is 33.3 Å². The highest BCUT2D eigenvalue weighted by Gasteiger charge is 2.29. The fraction of sp³-hybridized carbons (Fsp3) is 0.545. The number of methoxy groups -OCH3 is 1. The first-order valence-electron chi connectivity index (χ1n) is 5.56. The predicted molar refractivity (Wildman–Crippen MR) is 65.9 cm³/mol. The average molecular weight is 255 g/mol. The Hall–Kier alpha value is -1.29. The second kappa shape index (κ2) is 5.36. The molecule has 2 rings (SSSR count). The molecule has 0 amide bonds. The Morgan fingerprint density at radius 2 is 2.24 bits per heavy atom. The first kappa shape index (κ1) is 12.2. The smallest absolute Gasteiger partial charge is 0.317 e. The number of hydrogen-bond donors (Lipinski definition) is 1. The molecule has 0 aromatic heterocycles. The number of alkyl halides is 1. The van der Waals surface area contributed by atoms with E-state index in [0.29, 0.717) is 11.5 Å². The Kier molecular flexibility index (Phi) is 3.84. The van der Waals surface area contributed by atoms with Gasteiger partial charge in [-0.05, 0) is 6.08 Å². The highest BCUT2D eigenvalue weighted by molar-refractivity contribution is 6.34. The zero-order valence-electron chi connectivity index (χ0n) is 9.69. The molecule has 1 fully saturated rings. The molecular formula is C11H15ClN4O. The molecule has 0 spiro atoms. The number of hydrogen-bond acceptors (Lipinski definition) is 3. The zero-order valence-corrected chi connectivity index (χ0v) is 10.4. The zero-order chi connectivity index (χ0) is 12.3. The highest BCUT2D eigenvalue weighted by Crippen LogP contribution is 2.24. The summed E-state index contributed by atoms with van der Waals surface area (Å²) in [5.74, 6) is 0.691. The van der Waals surface area contributed by atoms with E-state index in [1.165, 1.54) is 0 Å². The molecule has 0 bridgehead atoms. The lowest BCUT2D eigenvalue weighted by Gasteiger charge is -2.33. The van der Waals surface area contributed by atoms with Crippen LogP contribution in [0.2, 0.25) is 0 Å². The van der Waals surface area contributed by atoms with Gasteiger partial charge in [-0.1, -0.05) is 0 Å². The van der Waals surface area contributed by atoms with Crippen LogP contribution in [0.4, 0.5) is 0 Å². The number of halogens is 1. The minimum atomic E-state index is -0.413. The first-order valence-corrected chi connectivity index (χ1v) is 5.99. The minimum absolute atomic E-state index is 0.405. The Morgan fingerprint density at radius 3 is 2.82 bits per heavy atom. The van der Waals surface area contributed by atoms with E-state index in [1.807, 2.05) is 6.08 Å². The fourth-order valence-corrected chi connectivity index (χ4v) is 2.23. The molecule has 1 atom stereocenters. The van der Waals surface area contributed by atoms with Crippen LogP contribution in [0, 0.1) is 0 Å². The molecule has 2 aliphatic rings. The van der Waals surface area contributed by atoms with Crippen LogP contribution in [-0.4, -0.2) is 54.1 Å². The third-order valence-electron chi connectivity index (χ3n) is 2.91. The number of nitrogens with zero attached hydrogens (tertiary/aromatic N) is 3. The van der Waals surface area contributed by atoms with Gasteiger partial charge in [-0.15, -0.1) is 11.6 Å². The van der Waals surface area contributed by atoms with Crippen LogP contribution in [0.25, 0.3) is 5.53 Å². The summed E-state index contributed by atoms with van der Waals surface area (Å²) in [5.41, 5.74) is 10.2. The van der Waals surface area contributed by atoms with Gasteiger partial charge in [0.25, 0.3) is 0 Å². The van der Waals surface area contributed by atoms with Gasteiger partial charge in [0.2, 0.25) is 0 Å². The Labute approximate surface area is 105 Å². The van der Waals surface area contributed by atoms with E-state index in [2.05, 4.69) is 15.0 Å². The summed E-state index contributed by atoms with van der Waals surface area (Å²) in [7, 11) is 1.60. The SMILES string of the molecule is COC1=CC(=[N+]=[N-])C(Cl)C=C1N1CCNCC1. The van der Waals surface area contributed by atoms with Crippen molar-refractivity contribution in [2.24, 2.45) is 0 Å². The van der Waals surface area contributed by atoms with Gasteiger partial charge in [0, 0.05) is 26.2 Å². The average Bonchev–Trinajstić information content (AvgIpc) is 2.39. The van der Waals surface area contributed by atoms with Gasteiger partial charge in [-0.25, -0.2) is 0 Å². The monoisotopic (exact) mass is 254 g/mol. The molecule has 1 saturated heterocycles. The number of ether oxygens (including phenoxy) is 1. The van der Waals surface area contributed by atoms with E-state index in [1.54, 1.807) is 13.2 Å². The molecule has 6 heteroatoms. The molecule has 0 aromatic rings. The Morgan fingerprint density at radius 1 is 1.53 bits per heavy atom. The van der Waals surface area contributed by atoms with E-state index < -0.39 is 5.38 Å². The highest BCUT2D eigenvalue weighted by atomic mass is 35.5. The Balaban J connectivity index is 2.26.